The first kappa shape index (κ1) is 18.0. The number of nitrogens with one attached hydrogen (secondary N) is 3. The van der Waals surface area contributed by atoms with Crippen molar-refractivity contribution >= 4 is 23.2 Å². The standard InChI is InChI=1S/C19H26N6O/c1-13-8-6-7-11-15(13)19(26)25-24-18-16(20)17(21-12-22-18)23-14-9-4-2-3-5-10-14/h6-8,11-12,14H,2-5,9-10,20H2,1H3,(H,25,26)(H2,21,22,23,24). The monoisotopic (exact) mass is 354 g/mol. The summed E-state index contributed by atoms with van der Waals surface area (Å²) >= 11 is 0. The molecule has 1 aliphatic carbocycles. The molecule has 5 N–H and O–H groups in total. The third-order valence-corrected chi connectivity index (χ3v) is 4.76. The Kier molecular flexibility index (Phi) is 5.88. The molecular formula is C19H26N6O. The number of aromatic nitrogens is 2. The molecule has 0 atom stereocenters. The minimum atomic E-state index is -0.237. The summed E-state index contributed by atoms with van der Waals surface area (Å²) < 4.78 is 0. The molecule has 1 aromatic heterocycles. The summed E-state index contributed by atoms with van der Waals surface area (Å²) in [4.78, 5) is 20.7. The van der Waals surface area contributed by atoms with Gasteiger partial charge in [0.15, 0.2) is 11.6 Å². The number of amides is 1. The molecule has 1 aromatic carbocycles. The molecule has 0 radical (unpaired) electrons. The van der Waals surface area contributed by atoms with E-state index in [1.807, 2.05) is 25.1 Å². The van der Waals surface area contributed by atoms with Gasteiger partial charge in [0.25, 0.3) is 5.91 Å². The predicted molar refractivity (Wildman–Crippen MR) is 104 cm³/mol. The molecule has 1 aliphatic rings. The van der Waals surface area contributed by atoms with Crippen LogP contribution in [0.5, 0.6) is 0 Å². The zero-order valence-corrected chi connectivity index (χ0v) is 15.1. The normalized spacial score (nSPS) is 15.1. The van der Waals surface area contributed by atoms with E-state index in [1.54, 1.807) is 6.07 Å². The van der Waals surface area contributed by atoms with Crippen molar-refractivity contribution in [3.63, 3.8) is 0 Å². The van der Waals surface area contributed by atoms with Gasteiger partial charge in [0, 0.05) is 11.6 Å². The number of rotatable bonds is 5. The summed E-state index contributed by atoms with van der Waals surface area (Å²) in [7, 11) is 0. The van der Waals surface area contributed by atoms with Crippen molar-refractivity contribution < 1.29 is 4.79 Å². The van der Waals surface area contributed by atoms with Gasteiger partial charge in [0.2, 0.25) is 0 Å². The van der Waals surface area contributed by atoms with Crippen LogP contribution in [0.25, 0.3) is 0 Å². The number of aryl methyl sites for hydroxylation is 1. The van der Waals surface area contributed by atoms with E-state index in [-0.39, 0.29) is 5.91 Å². The summed E-state index contributed by atoms with van der Waals surface area (Å²) in [6.07, 6.45) is 8.70. The van der Waals surface area contributed by atoms with Gasteiger partial charge in [-0.2, -0.15) is 0 Å². The molecule has 1 fully saturated rings. The summed E-state index contributed by atoms with van der Waals surface area (Å²) in [6, 6.07) is 7.77. The van der Waals surface area contributed by atoms with E-state index in [2.05, 4.69) is 26.1 Å². The first-order valence-corrected chi connectivity index (χ1v) is 9.14. The van der Waals surface area contributed by atoms with E-state index in [1.165, 1.54) is 32.0 Å². The van der Waals surface area contributed by atoms with E-state index < -0.39 is 0 Å². The minimum Gasteiger partial charge on any atom is -0.393 e. The van der Waals surface area contributed by atoms with Gasteiger partial charge < -0.3 is 11.1 Å². The molecule has 3 rings (SSSR count). The lowest BCUT2D eigenvalue weighted by atomic mass is 10.1. The van der Waals surface area contributed by atoms with Crippen LogP contribution in [0, 0.1) is 6.92 Å². The fraction of sp³-hybridized carbons (Fsp3) is 0.421. The first-order valence-electron chi connectivity index (χ1n) is 9.14. The SMILES string of the molecule is Cc1ccccc1C(=O)NNc1ncnc(NC2CCCCCC2)c1N. The van der Waals surface area contributed by atoms with Crippen molar-refractivity contribution in [1.82, 2.24) is 15.4 Å². The number of hydrogen-bond acceptors (Lipinski definition) is 6. The minimum absolute atomic E-state index is 0.237. The number of carbonyl (C=O) groups excluding carboxylic acids is 1. The second-order valence-corrected chi connectivity index (χ2v) is 6.71. The lowest BCUT2D eigenvalue weighted by Crippen LogP contribution is -2.31. The van der Waals surface area contributed by atoms with Crippen molar-refractivity contribution in [2.24, 2.45) is 0 Å². The Balaban J connectivity index is 1.65. The maximum atomic E-state index is 12.3. The quantitative estimate of drug-likeness (QED) is 0.485. The third-order valence-electron chi connectivity index (χ3n) is 4.76. The van der Waals surface area contributed by atoms with Crippen LogP contribution in [0.15, 0.2) is 30.6 Å². The lowest BCUT2D eigenvalue weighted by molar-refractivity contribution is 0.0962. The van der Waals surface area contributed by atoms with Crippen LogP contribution in [0.2, 0.25) is 0 Å². The van der Waals surface area contributed by atoms with E-state index in [0.29, 0.717) is 28.9 Å². The fourth-order valence-electron chi connectivity index (χ4n) is 3.24. The molecule has 138 valence electrons. The van der Waals surface area contributed by atoms with Crippen LogP contribution in [0.1, 0.15) is 54.4 Å². The van der Waals surface area contributed by atoms with Crippen LogP contribution < -0.4 is 21.9 Å². The zero-order valence-electron chi connectivity index (χ0n) is 15.1. The van der Waals surface area contributed by atoms with E-state index >= 15 is 0 Å². The van der Waals surface area contributed by atoms with Crippen molar-refractivity contribution in [1.29, 1.82) is 0 Å². The van der Waals surface area contributed by atoms with E-state index in [4.69, 9.17) is 5.73 Å². The Morgan fingerprint density at radius 3 is 2.50 bits per heavy atom. The van der Waals surface area contributed by atoms with Gasteiger partial charge in [-0.05, 0) is 31.4 Å². The van der Waals surface area contributed by atoms with Crippen molar-refractivity contribution in [3.8, 4) is 0 Å². The van der Waals surface area contributed by atoms with Gasteiger partial charge in [0.1, 0.15) is 12.0 Å². The molecule has 7 heteroatoms. The number of hydrogen-bond donors (Lipinski definition) is 4. The topological polar surface area (TPSA) is 105 Å². The predicted octanol–water partition coefficient (Wildman–Crippen LogP) is 3.26. The van der Waals surface area contributed by atoms with Gasteiger partial charge >= 0.3 is 0 Å². The van der Waals surface area contributed by atoms with Gasteiger partial charge in [-0.1, -0.05) is 43.9 Å². The van der Waals surface area contributed by atoms with E-state index in [0.717, 1.165) is 18.4 Å². The maximum Gasteiger partial charge on any atom is 0.269 e. The Morgan fingerprint density at radius 1 is 1.08 bits per heavy atom. The molecule has 1 saturated carbocycles. The van der Waals surface area contributed by atoms with Crippen LogP contribution in [0.4, 0.5) is 17.3 Å². The van der Waals surface area contributed by atoms with Gasteiger partial charge in [-0.15, -0.1) is 0 Å². The average molecular weight is 354 g/mol. The highest BCUT2D eigenvalue weighted by atomic mass is 16.2. The Bertz CT molecular complexity index is 755. The van der Waals surface area contributed by atoms with Crippen LogP contribution in [-0.4, -0.2) is 21.9 Å². The highest BCUT2D eigenvalue weighted by molar-refractivity contribution is 5.96. The Labute approximate surface area is 153 Å². The molecule has 2 aromatic rings. The molecule has 1 amide bonds. The molecule has 0 saturated heterocycles. The average Bonchev–Trinajstić information content (AvgIpc) is 2.91. The number of nitrogens with zero attached hydrogens (tertiary/aromatic N) is 2. The highest BCUT2D eigenvalue weighted by Crippen LogP contribution is 2.26. The molecule has 26 heavy (non-hydrogen) atoms. The summed E-state index contributed by atoms with van der Waals surface area (Å²) in [5.41, 5.74) is 13.6. The zero-order chi connectivity index (χ0) is 18.4. The van der Waals surface area contributed by atoms with E-state index in [9.17, 15) is 4.79 Å². The van der Waals surface area contributed by atoms with Crippen LogP contribution in [0.3, 0.4) is 0 Å². The largest absolute Gasteiger partial charge is 0.393 e. The van der Waals surface area contributed by atoms with Crippen LogP contribution in [-0.2, 0) is 0 Å². The van der Waals surface area contributed by atoms with Gasteiger partial charge in [-0.25, -0.2) is 9.97 Å². The molecule has 0 aliphatic heterocycles. The van der Waals surface area contributed by atoms with Crippen LogP contribution >= 0.6 is 0 Å². The number of carbonyl (C=O) groups is 1. The van der Waals surface area contributed by atoms with Crippen molar-refractivity contribution in [3.05, 3.63) is 41.7 Å². The van der Waals surface area contributed by atoms with Gasteiger partial charge in [0.05, 0.1) is 0 Å². The Morgan fingerprint density at radius 2 is 1.77 bits per heavy atom. The summed E-state index contributed by atoms with van der Waals surface area (Å²) in [5.74, 6) is 0.761. The third kappa shape index (κ3) is 4.41. The molecule has 0 spiro atoms. The molecular weight excluding hydrogens is 328 g/mol. The number of nitrogens with two attached hydrogens (primary N) is 1. The van der Waals surface area contributed by atoms with Crippen molar-refractivity contribution in [2.45, 2.75) is 51.5 Å². The summed E-state index contributed by atoms with van der Waals surface area (Å²) in [5, 5.41) is 3.43. The Hall–Kier alpha value is -2.83. The second-order valence-electron chi connectivity index (χ2n) is 6.71. The number of hydrazine groups is 1. The molecule has 0 unspecified atom stereocenters. The lowest BCUT2D eigenvalue weighted by Gasteiger charge is -2.19. The molecule has 0 bridgehead atoms. The number of benzene rings is 1. The van der Waals surface area contributed by atoms with Crippen molar-refractivity contribution in [2.75, 3.05) is 16.5 Å². The fourth-order valence-corrected chi connectivity index (χ4v) is 3.24. The maximum absolute atomic E-state index is 12.3. The first-order chi connectivity index (χ1) is 12.6. The number of anilines is 3. The smallest absolute Gasteiger partial charge is 0.269 e. The number of nitrogen functional groups attached to an aromatic ring is 1. The summed E-state index contributed by atoms with van der Waals surface area (Å²) in [6.45, 7) is 1.89. The second kappa shape index (κ2) is 8.51. The molecule has 7 nitrogen and oxygen atoms in total. The van der Waals surface area contributed by atoms with Gasteiger partial charge in [-0.3, -0.25) is 15.6 Å². The highest BCUT2D eigenvalue weighted by Gasteiger charge is 2.16. The molecule has 1 heterocycles.